The number of hydrogen-bond donors (Lipinski definition) is 0. The number of unbranched alkanes of at least 4 members (excludes halogenated alkanes) is 1. The van der Waals surface area contributed by atoms with Gasteiger partial charge in [-0.1, -0.05) is 31.1 Å². The van der Waals surface area contributed by atoms with Gasteiger partial charge in [-0.25, -0.2) is 19.2 Å². The number of rotatable bonds is 8. The number of fused-ring (bicyclic) bond motifs is 1. The Bertz CT molecular complexity index is 1800. The number of alkyl halides is 3. The van der Waals surface area contributed by atoms with Crippen LogP contribution in [0.15, 0.2) is 35.3 Å². The normalized spacial score (nSPS) is 16.7. The van der Waals surface area contributed by atoms with Crippen molar-refractivity contribution in [2.75, 3.05) is 49.1 Å². The lowest BCUT2D eigenvalue weighted by atomic mass is 9.94. The van der Waals surface area contributed by atoms with E-state index < -0.39 is 30.2 Å². The molecule has 0 bridgehead atoms. The predicted octanol–water partition coefficient (Wildman–Crippen LogP) is 6.20. The molecule has 1 atom stereocenters. The number of aryl methyl sites for hydroxylation is 1. The third-order valence-corrected chi connectivity index (χ3v) is 9.11. The Hall–Kier alpha value is -4.25. The number of benzene rings is 1. The van der Waals surface area contributed by atoms with E-state index in [4.69, 9.17) is 14.7 Å². The number of piperazine rings is 1. The number of nitrogens with zero attached hydrogens (tertiary/aromatic N) is 7. The Kier molecular flexibility index (Phi) is 10.3. The number of nitriles is 1. The van der Waals surface area contributed by atoms with E-state index in [1.54, 1.807) is 4.90 Å². The molecule has 9 nitrogen and oxygen atoms in total. The highest BCUT2D eigenvalue weighted by Crippen LogP contribution is 2.38. The van der Waals surface area contributed by atoms with Crippen molar-refractivity contribution in [3.63, 3.8) is 0 Å². The first-order valence-electron chi connectivity index (χ1n) is 16.0. The molecule has 1 amide bonds. The van der Waals surface area contributed by atoms with E-state index in [1.807, 2.05) is 45.6 Å². The fraction of sp³-hybridized carbons (Fsp3) is 0.500. The summed E-state index contributed by atoms with van der Waals surface area (Å²) in [6.07, 6.45) is -2.81. The number of anilines is 2. The van der Waals surface area contributed by atoms with E-state index in [9.17, 15) is 27.6 Å². The summed E-state index contributed by atoms with van der Waals surface area (Å²) in [5.41, 5.74) is 1.13. The van der Waals surface area contributed by atoms with Crippen molar-refractivity contribution in [3.05, 3.63) is 57.3 Å². The molecule has 2 aromatic heterocycles. The molecule has 5 rings (SSSR count). The molecule has 0 saturated carbocycles. The summed E-state index contributed by atoms with van der Waals surface area (Å²) in [6.45, 7) is 9.98. The molecular formula is C34H39F4N7O2S. The smallest absolute Gasteiger partial charge is 0.410 e. The maximum atomic E-state index is 14.4. The van der Waals surface area contributed by atoms with Crippen LogP contribution in [-0.4, -0.2) is 72.0 Å². The van der Waals surface area contributed by atoms with Gasteiger partial charge in [-0.15, -0.1) is 0 Å². The number of carbonyl (C=O) groups is 1. The van der Waals surface area contributed by atoms with E-state index in [-0.39, 0.29) is 28.2 Å². The van der Waals surface area contributed by atoms with Crippen LogP contribution in [-0.2, 0) is 4.74 Å². The van der Waals surface area contributed by atoms with Crippen LogP contribution in [0.1, 0.15) is 57.4 Å². The number of aromatic nitrogens is 2. The maximum absolute atomic E-state index is 14.4. The topological polar surface area (TPSA) is 97.9 Å². The van der Waals surface area contributed by atoms with Gasteiger partial charge in [0.05, 0.1) is 11.1 Å². The molecule has 1 fully saturated rings. The summed E-state index contributed by atoms with van der Waals surface area (Å²) >= 11 is 0.866. The highest BCUT2D eigenvalue weighted by Gasteiger charge is 2.38. The number of amides is 1. The molecule has 4 heterocycles. The van der Waals surface area contributed by atoms with Crippen molar-refractivity contribution in [2.45, 2.75) is 65.7 Å². The van der Waals surface area contributed by atoms with Gasteiger partial charge in [0.15, 0.2) is 5.13 Å². The van der Waals surface area contributed by atoms with E-state index in [0.29, 0.717) is 60.4 Å². The van der Waals surface area contributed by atoms with Crippen molar-refractivity contribution in [1.29, 1.82) is 5.26 Å². The van der Waals surface area contributed by atoms with Gasteiger partial charge in [0.1, 0.15) is 45.8 Å². The molecule has 1 aromatic carbocycles. The zero-order valence-electron chi connectivity index (χ0n) is 27.7. The number of hydrogen-bond acceptors (Lipinski definition) is 9. The molecular weight excluding hydrogens is 646 g/mol. The first-order valence-corrected chi connectivity index (χ1v) is 16.8. The van der Waals surface area contributed by atoms with Crippen LogP contribution in [0, 0.1) is 30.0 Å². The molecule has 0 N–H and O–H groups in total. The molecule has 1 unspecified atom stereocenters. The van der Waals surface area contributed by atoms with Crippen LogP contribution in [0.2, 0.25) is 0 Å². The summed E-state index contributed by atoms with van der Waals surface area (Å²) in [5.74, 6) is -0.281. The lowest BCUT2D eigenvalue weighted by Gasteiger charge is -2.36. The Morgan fingerprint density at radius 1 is 1.12 bits per heavy atom. The molecule has 48 heavy (non-hydrogen) atoms. The third-order valence-electron chi connectivity index (χ3n) is 8.12. The van der Waals surface area contributed by atoms with E-state index in [1.165, 1.54) is 24.3 Å². The Morgan fingerprint density at radius 2 is 1.81 bits per heavy atom. The largest absolute Gasteiger partial charge is 0.444 e. The average Bonchev–Trinajstić information content (AvgIpc) is 3.46. The second kappa shape index (κ2) is 14.1. The minimum atomic E-state index is -4.61. The summed E-state index contributed by atoms with van der Waals surface area (Å²) in [7, 11) is 0. The van der Waals surface area contributed by atoms with Gasteiger partial charge in [-0.2, -0.15) is 18.4 Å². The van der Waals surface area contributed by atoms with Gasteiger partial charge in [-0.3, -0.25) is 4.99 Å². The molecule has 3 aromatic rings. The van der Waals surface area contributed by atoms with Gasteiger partial charge in [0.25, 0.3) is 0 Å². The monoisotopic (exact) mass is 685 g/mol. The molecule has 0 aliphatic carbocycles. The first-order chi connectivity index (χ1) is 22.7. The molecule has 0 spiro atoms. The van der Waals surface area contributed by atoms with E-state index in [0.717, 1.165) is 34.6 Å². The second-order valence-electron chi connectivity index (χ2n) is 13.0. The molecule has 256 valence electrons. The van der Waals surface area contributed by atoms with Crippen LogP contribution >= 0.6 is 11.3 Å². The Morgan fingerprint density at radius 3 is 2.42 bits per heavy atom. The fourth-order valence-electron chi connectivity index (χ4n) is 5.88. The standard InChI is InChI=1S/C34H39F4N7O2S/c1-6-7-8-23-19-40-27-21(2)17-26(43-13-15-44(16-14-43)32(46)47-33(3,4)5)41-29(27)30(23)45(20-34(36,37)38)31-42-28(25(18-39)48-31)22-9-11-24(35)12-10-22/h9-12,17,23H,6-8,13-16,19-20H2,1-5H3. The minimum Gasteiger partial charge on any atom is -0.444 e. The van der Waals surface area contributed by atoms with Crippen molar-refractivity contribution in [3.8, 4) is 17.3 Å². The minimum absolute atomic E-state index is 0.00313. The van der Waals surface area contributed by atoms with Gasteiger partial charge in [-0.05, 0) is 70.0 Å². The van der Waals surface area contributed by atoms with Crippen LogP contribution in [0.3, 0.4) is 0 Å². The average molecular weight is 686 g/mol. The SMILES string of the molecule is CCCCC1CN=c2c(C)cc(N3CCN(C(=O)OC(C)(C)C)CC3)nc2=C1N(CC(F)(F)F)c1nc(-c2ccc(F)cc2)c(C#N)s1. The molecule has 2 aliphatic rings. The van der Waals surface area contributed by atoms with Crippen molar-refractivity contribution >= 4 is 34.1 Å². The number of pyridine rings is 1. The lowest BCUT2D eigenvalue weighted by Crippen LogP contribution is -2.52. The first kappa shape index (κ1) is 35.1. The van der Waals surface area contributed by atoms with E-state index >= 15 is 0 Å². The van der Waals surface area contributed by atoms with Crippen LogP contribution in [0.5, 0.6) is 0 Å². The van der Waals surface area contributed by atoms with Crippen molar-refractivity contribution in [2.24, 2.45) is 10.9 Å². The number of ether oxygens (including phenoxy) is 1. The highest BCUT2D eigenvalue weighted by atomic mass is 32.1. The summed E-state index contributed by atoms with van der Waals surface area (Å²) in [4.78, 5) is 32.0. The van der Waals surface area contributed by atoms with Crippen molar-refractivity contribution in [1.82, 2.24) is 14.9 Å². The molecule has 14 heteroatoms. The van der Waals surface area contributed by atoms with Gasteiger partial charge >= 0.3 is 12.3 Å². The van der Waals surface area contributed by atoms with Crippen LogP contribution < -0.4 is 20.5 Å². The summed E-state index contributed by atoms with van der Waals surface area (Å²) < 4.78 is 62.5. The number of thiazole rings is 1. The fourth-order valence-corrected chi connectivity index (χ4v) is 6.78. The van der Waals surface area contributed by atoms with Crippen LogP contribution in [0.25, 0.3) is 17.0 Å². The zero-order chi connectivity index (χ0) is 34.8. The summed E-state index contributed by atoms with van der Waals surface area (Å²) in [5, 5.41) is 10.8. The Labute approximate surface area is 281 Å². The second-order valence-corrected chi connectivity index (χ2v) is 14.0. The zero-order valence-corrected chi connectivity index (χ0v) is 28.5. The molecule has 2 aliphatic heterocycles. The van der Waals surface area contributed by atoms with Gasteiger partial charge in [0.2, 0.25) is 0 Å². The maximum Gasteiger partial charge on any atom is 0.410 e. The Balaban J connectivity index is 1.63. The van der Waals surface area contributed by atoms with Crippen molar-refractivity contribution < 1.29 is 27.1 Å². The lowest BCUT2D eigenvalue weighted by molar-refractivity contribution is -0.118. The number of halogens is 4. The third kappa shape index (κ3) is 8.06. The van der Waals surface area contributed by atoms with Gasteiger partial charge in [0, 0.05) is 44.2 Å². The van der Waals surface area contributed by atoms with E-state index in [2.05, 4.69) is 11.1 Å². The van der Waals surface area contributed by atoms with Gasteiger partial charge < -0.3 is 19.4 Å². The molecule has 0 radical (unpaired) electrons. The molecule has 1 saturated heterocycles. The highest BCUT2D eigenvalue weighted by molar-refractivity contribution is 7.16. The quantitative estimate of drug-likeness (QED) is 0.261. The summed E-state index contributed by atoms with van der Waals surface area (Å²) in [6, 6.07) is 9.30. The number of carbonyl (C=O) groups excluding carboxylic acids is 1. The van der Waals surface area contributed by atoms with Crippen LogP contribution in [0.4, 0.5) is 33.3 Å². The predicted molar refractivity (Wildman–Crippen MR) is 177 cm³/mol.